The summed E-state index contributed by atoms with van der Waals surface area (Å²) in [6.07, 6.45) is 3.98. The average Bonchev–Trinajstić information content (AvgIpc) is 2.25. The van der Waals surface area contributed by atoms with Crippen LogP contribution >= 0.6 is 11.6 Å². The van der Waals surface area contributed by atoms with Gasteiger partial charge in [0.15, 0.2) is 0 Å². The topological polar surface area (TPSA) is 47.8 Å². The Balaban J connectivity index is 2.34. The number of hydrogen-bond acceptors (Lipinski definition) is 3. The Morgan fingerprint density at radius 3 is 3.00 bits per heavy atom. The Hall–Kier alpha value is -1.75. The summed E-state index contributed by atoms with van der Waals surface area (Å²) in [6.45, 7) is 0.143. The minimum absolute atomic E-state index is 0.0827. The first kappa shape index (κ1) is 10.8. The lowest BCUT2D eigenvalue weighted by Gasteiger charge is -2.03. The van der Waals surface area contributed by atoms with Gasteiger partial charge in [-0.2, -0.15) is 5.10 Å². The third kappa shape index (κ3) is 2.25. The van der Waals surface area contributed by atoms with E-state index in [2.05, 4.69) is 10.1 Å². The van der Waals surface area contributed by atoms with Crippen LogP contribution in [0.3, 0.4) is 0 Å². The Bertz CT molecular complexity index is 570. The summed E-state index contributed by atoms with van der Waals surface area (Å²) in [5.41, 5.74) is 0.144. The average molecular weight is 240 g/mol. The van der Waals surface area contributed by atoms with Gasteiger partial charge < -0.3 is 0 Å². The van der Waals surface area contributed by atoms with Gasteiger partial charge in [-0.1, -0.05) is 11.6 Å². The molecule has 0 fully saturated rings. The third-order valence-corrected chi connectivity index (χ3v) is 2.25. The fraction of sp³-hybridized carbons (Fsp3) is 0.100. The largest absolute Gasteiger partial charge is 0.285 e. The molecule has 2 heterocycles. The smallest absolute Gasteiger partial charge is 0.266 e. The number of aromatic nitrogens is 3. The van der Waals surface area contributed by atoms with Crippen molar-refractivity contribution >= 4 is 11.6 Å². The summed E-state index contributed by atoms with van der Waals surface area (Å²) < 4.78 is 14.0. The van der Waals surface area contributed by atoms with E-state index in [0.717, 1.165) is 10.9 Å². The molecule has 0 saturated heterocycles. The van der Waals surface area contributed by atoms with Crippen LogP contribution in [0.15, 0.2) is 35.5 Å². The zero-order chi connectivity index (χ0) is 11.5. The first-order chi connectivity index (χ1) is 7.66. The Morgan fingerprint density at radius 1 is 1.44 bits per heavy atom. The molecule has 0 atom stereocenters. The predicted octanol–water partition coefficient (Wildman–Crippen LogP) is 1.48. The van der Waals surface area contributed by atoms with E-state index in [1.54, 1.807) is 0 Å². The molecule has 0 aromatic carbocycles. The highest BCUT2D eigenvalue weighted by Crippen LogP contribution is 2.03. The number of nitrogens with zero attached hydrogens (tertiary/aromatic N) is 3. The quantitative estimate of drug-likeness (QED) is 0.798. The second-order valence-corrected chi connectivity index (χ2v) is 3.56. The first-order valence-electron chi connectivity index (χ1n) is 4.48. The van der Waals surface area contributed by atoms with E-state index in [1.807, 2.05) is 0 Å². The van der Waals surface area contributed by atoms with Gasteiger partial charge in [0.2, 0.25) is 0 Å². The highest BCUT2D eigenvalue weighted by atomic mass is 35.5. The van der Waals surface area contributed by atoms with Crippen LogP contribution in [0.1, 0.15) is 5.56 Å². The van der Waals surface area contributed by atoms with Crippen LogP contribution in [0, 0.1) is 5.82 Å². The van der Waals surface area contributed by atoms with Crippen molar-refractivity contribution in [2.45, 2.75) is 6.54 Å². The van der Waals surface area contributed by atoms with E-state index in [9.17, 15) is 9.18 Å². The molecule has 0 saturated carbocycles. The molecule has 6 heteroatoms. The highest BCUT2D eigenvalue weighted by molar-refractivity contribution is 6.30. The standard InChI is InChI=1S/C10H7ClFN3O/c11-9-1-2-14-15(10(9)16)6-7-3-8(12)5-13-4-7/h1-5H,6H2. The molecule has 0 aliphatic heterocycles. The van der Waals surface area contributed by atoms with Gasteiger partial charge in [-0.25, -0.2) is 9.07 Å². The molecule has 0 unspecified atom stereocenters. The molecule has 4 nitrogen and oxygen atoms in total. The summed E-state index contributed by atoms with van der Waals surface area (Å²) in [5, 5.41) is 3.92. The molecule has 2 aromatic rings. The van der Waals surface area contributed by atoms with Crippen LogP contribution in [-0.2, 0) is 6.54 Å². The zero-order valence-corrected chi connectivity index (χ0v) is 8.86. The van der Waals surface area contributed by atoms with Crippen molar-refractivity contribution in [2.24, 2.45) is 0 Å². The fourth-order valence-corrected chi connectivity index (χ4v) is 1.41. The number of pyridine rings is 1. The number of rotatable bonds is 2. The minimum Gasteiger partial charge on any atom is -0.266 e. The Morgan fingerprint density at radius 2 is 2.25 bits per heavy atom. The van der Waals surface area contributed by atoms with Crippen molar-refractivity contribution in [3.05, 3.63) is 57.5 Å². The van der Waals surface area contributed by atoms with Gasteiger partial charge >= 0.3 is 0 Å². The lowest BCUT2D eigenvalue weighted by atomic mass is 10.3. The van der Waals surface area contributed by atoms with E-state index in [4.69, 9.17) is 11.6 Å². The van der Waals surface area contributed by atoms with Gasteiger partial charge in [-0.15, -0.1) is 0 Å². The summed E-state index contributed by atoms with van der Waals surface area (Å²) in [6, 6.07) is 2.70. The molecular weight excluding hydrogens is 233 g/mol. The van der Waals surface area contributed by atoms with Crippen LogP contribution < -0.4 is 5.56 Å². The maximum Gasteiger partial charge on any atom is 0.285 e. The molecule has 0 aliphatic carbocycles. The van der Waals surface area contributed by atoms with Crippen molar-refractivity contribution in [1.29, 1.82) is 0 Å². The van der Waals surface area contributed by atoms with Crippen LogP contribution in [0.5, 0.6) is 0 Å². The van der Waals surface area contributed by atoms with Crippen molar-refractivity contribution in [2.75, 3.05) is 0 Å². The molecule has 0 radical (unpaired) electrons. The molecule has 0 aliphatic rings. The third-order valence-electron chi connectivity index (χ3n) is 1.96. The molecular formula is C10H7ClFN3O. The van der Waals surface area contributed by atoms with Crippen molar-refractivity contribution in [3.63, 3.8) is 0 Å². The molecule has 0 bridgehead atoms. The zero-order valence-electron chi connectivity index (χ0n) is 8.10. The van der Waals surface area contributed by atoms with E-state index < -0.39 is 11.4 Å². The van der Waals surface area contributed by atoms with Gasteiger partial charge in [0.25, 0.3) is 5.56 Å². The van der Waals surface area contributed by atoms with Gasteiger partial charge in [0, 0.05) is 12.4 Å². The van der Waals surface area contributed by atoms with Crippen molar-refractivity contribution < 1.29 is 4.39 Å². The molecule has 0 N–H and O–H groups in total. The summed E-state index contributed by atoms with van der Waals surface area (Å²) >= 11 is 5.65. The predicted molar refractivity (Wildman–Crippen MR) is 56.8 cm³/mol. The van der Waals surface area contributed by atoms with E-state index in [0.29, 0.717) is 5.56 Å². The normalized spacial score (nSPS) is 10.4. The number of hydrogen-bond donors (Lipinski definition) is 0. The summed E-state index contributed by atoms with van der Waals surface area (Å²) in [5.74, 6) is -0.451. The SMILES string of the molecule is O=c1c(Cl)ccnn1Cc1cncc(F)c1. The Labute approximate surface area is 95.3 Å². The van der Waals surface area contributed by atoms with E-state index in [1.165, 1.54) is 24.5 Å². The summed E-state index contributed by atoms with van der Waals surface area (Å²) in [7, 11) is 0. The van der Waals surface area contributed by atoms with Crippen LogP contribution in [0.4, 0.5) is 4.39 Å². The molecule has 0 spiro atoms. The number of halogens is 2. The maximum absolute atomic E-state index is 12.9. The molecule has 0 amide bonds. The summed E-state index contributed by atoms with van der Waals surface area (Å²) in [4.78, 5) is 15.2. The molecule has 2 aromatic heterocycles. The molecule has 82 valence electrons. The van der Waals surface area contributed by atoms with E-state index in [-0.39, 0.29) is 11.6 Å². The van der Waals surface area contributed by atoms with Gasteiger partial charge in [-0.05, 0) is 17.7 Å². The fourth-order valence-electron chi connectivity index (χ4n) is 1.25. The van der Waals surface area contributed by atoms with Crippen molar-refractivity contribution in [1.82, 2.24) is 14.8 Å². The lowest BCUT2D eigenvalue weighted by Crippen LogP contribution is -2.23. The highest BCUT2D eigenvalue weighted by Gasteiger charge is 2.03. The van der Waals surface area contributed by atoms with Gasteiger partial charge in [0.05, 0.1) is 12.7 Å². The minimum atomic E-state index is -0.451. The molecule has 2 rings (SSSR count). The maximum atomic E-state index is 12.9. The molecule has 16 heavy (non-hydrogen) atoms. The second-order valence-electron chi connectivity index (χ2n) is 3.15. The van der Waals surface area contributed by atoms with Crippen molar-refractivity contribution in [3.8, 4) is 0 Å². The van der Waals surface area contributed by atoms with Crippen LogP contribution in [0.2, 0.25) is 5.02 Å². The second kappa shape index (κ2) is 4.40. The van der Waals surface area contributed by atoms with Crippen LogP contribution in [-0.4, -0.2) is 14.8 Å². The first-order valence-corrected chi connectivity index (χ1v) is 4.85. The Kier molecular flexibility index (Phi) is 2.96. The van der Waals surface area contributed by atoms with Gasteiger partial charge in [-0.3, -0.25) is 9.78 Å². The van der Waals surface area contributed by atoms with E-state index >= 15 is 0 Å². The monoisotopic (exact) mass is 239 g/mol. The lowest BCUT2D eigenvalue weighted by molar-refractivity contribution is 0.603. The van der Waals surface area contributed by atoms with Gasteiger partial charge in [0.1, 0.15) is 10.8 Å². The van der Waals surface area contributed by atoms with Crippen LogP contribution in [0.25, 0.3) is 0 Å².